The van der Waals surface area contributed by atoms with Crippen molar-refractivity contribution in [2.45, 2.75) is 89.9 Å². The lowest BCUT2D eigenvalue weighted by molar-refractivity contribution is -0.139. The van der Waals surface area contributed by atoms with Gasteiger partial charge in [-0.3, -0.25) is 9.69 Å². The van der Waals surface area contributed by atoms with Gasteiger partial charge in [0.05, 0.1) is 0 Å². The van der Waals surface area contributed by atoms with Crippen molar-refractivity contribution in [1.29, 1.82) is 0 Å². The largest absolute Gasteiger partial charge is 0.480 e. The molecule has 3 aromatic rings. The fourth-order valence-corrected chi connectivity index (χ4v) is 7.03. The summed E-state index contributed by atoms with van der Waals surface area (Å²) in [5.41, 5.74) is 6.25. The maximum Gasteiger partial charge on any atom is 0.326 e. The molecule has 3 aromatic carbocycles. The molecule has 2 N–H and O–H groups in total. The van der Waals surface area contributed by atoms with Gasteiger partial charge >= 0.3 is 5.97 Å². The number of hydrogen-bond acceptors (Lipinski definition) is 4. The molecule has 0 saturated heterocycles. The van der Waals surface area contributed by atoms with Crippen LogP contribution in [0.25, 0.3) is 11.1 Å². The Bertz CT molecular complexity index is 1350. The summed E-state index contributed by atoms with van der Waals surface area (Å²) in [6, 6.07) is 24.9. The Morgan fingerprint density at radius 2 is 1.67 bits per heavy atom. The Kier molecular flexibility index (Phi) is 10.9. The van der Waals surface area contributed by atoms with Crippen molar-refractivity contribution < 1.29 is 14.7 Å². The molecule has 5 rings (SSSR count). The van der Waals surface area contributed by atoms with E-state index in [-0.39, 0.29) is 18.9 Å². The van der Waals surface area contributed by atoms with E-state index in [2.05, 4.69) is 71.7 Å². The predicted molar refractivity (Wildman–Crippen MR) is 175 cm³/mol. The van der Waals surface area contributed by atoms with Gasteiger partial charge in [-0.2, -0.15) is 11.8 Å². The summed E-state index contributed by atoms with van der Waals surface area (Å²) in [5, 5.41) is 12.5. The zero-order valence-electron chi connectivity index (χ0n) is 24.3. The van der Waals surface area contributed by atoms with Gasteiger partial charge in [-0.25, -0.2) is 4.79 Å². The Morgan fingerprint density at radius 3 is 2.31 bits per heavy atom. The van der Waals surface area contributed by atoms with Gasteiger partial charge in [0.25, 0.3) is 5.91 Å². The minimum absolute atomic E-state index is 0. The van der Waals surface area contributed by atoms with Crippen LogP contribution in [-0.4, -0.2) is 51.5 Å². The summed E-state index contributed by atoms with van der Waals surface area (Å²) < 4.78 is 0. The second-order valence-corrected chi connectivity index (χ2v) is 12.8. The molecule has 2 saturated carbocycles. The van der Waals surface area contributed by atoms with Crippen molar-refractivity contribution in [2.75, 3.05) is 12.0 Å². The quantitative estimate of drug-likeness (QED) is 0.214. The van der Waals surface area contributed by atoms with Crippen LogP contribution in [0.1, 0.15) is 79.4 Å². The summed E-state index contributed by atoms with van der Waals surface area (Å²) >= 11 is 1.58. The van der Waals surface area contributed by atoms with Gasteiger partial charge in [0.1, 0.15) is 6.04 Å². The molecule has 224 valence electrons. The zero-order valence-corrected chi connectivity index (χ0v) is 25.1. The lowest BCUT2D eigenvalue weighted by Crippen LogP contribution is -2.49. The molecule has 0 aromatic heterocycles. The van der Waals surface area contributed by atoms with Crippen LogP contribution in [0.2, 0.25) is 0 Å². The van der Waals surface area contributed by atoms with Crippen molar-refractivity contribution in [2.24, 2.45) is 0 Å². The number of benzene rings is 3. The summed E-state index contributed by atoms with van der Waals surface area (Å²) in [7, 11) is 0. The van der Waals surface area contributed by atoms with E-state index < -0.39 is 12.0 Å². The van der Waals surface area contributed by atoms with Crippen molar-refractivity contribution in [3.8, 4) is 11.1 Å². The number of aliphatic carboxylic acids is 1. The number of carbonyl (C=O) groups excluding carboxylic acids is 1. The molecule has 2 aliphatic rings. The van der Waals surface area contributed by atoms with Gasteiger partial charge in [0.2, 0.25) is 0 Å². The second-order valence-electron chi connectivity index (χ2n) is 11.8. The number of carboxylic acids is 1. The van der Waals surface area contributed by atoms with Crippen molar-refractivity contribution in [1.82, 2.24) is 10.2 Å². The average molecular weight is 587 g/mol. The first kappa shape index (κ1) is 31.8. The number of hydrogen-bond donors (Lipinski definition) is 2. The number of amides is 1. The Morgan fingerprint density at radius 1 is 0.976 bits per heavy atom. The maximum absolute atomic E-state index is 13.6. The highest BCUT2D eigenvalue weighted by molar-refractivity contribution is 7.98. The zero-order chi connectivity index (χ0) is 28.8. The van der Waals surface area contributed by atoms with Crippen molar-refractivity contribution in [3.05, 3.63) is 95.1 Å². The predicted octanol–water partition coefficient (Wildman–Crippen LogP) is 7.75. The van der Waals surface area contributed by atoms with Crippen LogP contribution in [0.15, 0.2) is 72.8 Å². The summed E-state index contributed by atoms with van der Waals surface area (Å²) in [4.78, 5) is 28.2. The van der Waals surface area contributed by atoms with Gasteiger partial charge in [0.15, 0.2) is 0 Å². The molecule has 1 atom stereocenters. The molecule has 0 aliphatic heterocycles. The maximum atomic E-state index is 13.6. The van der Waals surface area contributed by atoms with Gasteiger partial charge in [0, 0.05) is 23.7 Å². The van der Waals surface area contributed by atoms with Gasteiger partial charge in [-0.15, -0.1) is 0 Å². The summed E-state index contributed by atoms with van der Waals surface area (Å²) in [6.07, 6.45) is 10.9. The molecule has 2 fully saturated rings. The third kappa shape index (κ3) is 7.45. The molecule has 42 heavy (non-hydrogen) atoms. The fraction of sp³-hybridized carbons (Fsp3) is 0.444. The molecular formula is C36H46N2O3S. The Balaban J connectivity index is 0.00000405. The van der Waals surface area contributed by atoms with E-state index >= 15 is 0 Å². The number of rotatable bonds is 13. The third-order valence-corrected chi connectivity index (χ3v) is 9.48. The Hall–Kier alpha value is -3.09. The van der Waals surface area contributed by atoms with E-state index in [4.69, 9.17) is 0 Å². The van der Waals surface area contributed by atoms with E-state index in [1.54, 1.807) is 11.8 Å². The standard InChI is InChI=1S/C35H42N2O3S.CH4/c1-25-10-6-7-13-29(25)31-22-27(14-17-30(31)33(38)36-32(34(39)40)18-21-41-2)24-37(28-15-16-28)35(19-8-9-20-35)23-26-11-4-3-5-12-26;/h3-7,10-14,17,22,28,32H,8-9,15-16,18-21,23-24H2,1-2H3,(H,36,38)(H,39,40);1H4/t32-;/m0./s1. The average Bonchev–Trinajstić information content (AvgIpc) is 3.71. The topological polar surface area (TPSA) is 69.6 Å². The third-order valence-electron chi connectivity index (χ3n) is 8.84. The first-order chi connectivity index (χ1) is 19.9. The monoisotopic (exact) mass is 586 g/mol. The van der Waals surface area contributed by atoms with Crippen LogP contribution in [0, 0.1) is 6.92 Å². The lowest BCUT2D eigenvalue weighted by atomic mass is 9.86. The highest BCUT2D eigenvalue weighted by Gasteiger charge is 2.45. The highest BCUT2D eigenvalue weighted by Crippen LogP contribution is 2.45. The van der Waals surface area contributed by atoms with Gasteiger partial charge in [-0.05, 0) is 97.4 Å². The molecule has 2 aliphatic carbocycles. The van der Waals surface area contributed by atoms with E-state index in [0.717, 1.165) is 29.7 Å². The highest BCUT2D eigenvalue weighted by atomic mass is 32.2. The number of carbonyl (C=O) groups is 2. The molecule has 0 radical (unpaired) electrons. The number of nitrogens with one attached hydrogen (secondary N) is 1. The molecule has 6 heteroatoms. The normalized spacial score (nSPS) is 16.5. The van der Waals surface area contributed by atoms with Crippen molar-refractivity contribution >= 4 is 23.6 Å². The van der Waals surface area contributed by atoms with Crippen LogP contribution in [0.3, 0.4) is 0 Å². The molecule has 0 bridgehead atoms. The van der Waals surface area contributed by atoms with Crippen molar-refractivity contribution in [3.63, 3.8) is 0 Å². The van der Waals surface area contributed by atoms with Gasteiger partial charge < -0.3 is 10.4 Å². The van der Waals surface area contributed by atoms with Crippen LogP contribution in [0.4, 0.5) is 0 Å². The fourth-order valence-electron chi connectivity index (χ4n) is 6.56. The van der Waals surface area contributed by atoms with E-state index in [0.29, 0.717) is 23.8 Å². The van der Waals surface area contributed by atoms with E-state index in [1.165, 1.54) is 49.7 Å². The Labute approximate surface area is 256 Å². The first-order valence-electron chi connectivity index (χ1n) is 14.9. The second kappa shape index (κ2) is 14.4. The molecule has 0 heterocycles. The van der Waals surface area contributed by atoms with Gasteiger partial charge in [-0.1, -0.05) is 80.9 Å². The van der Waals surface area contributed by atoms with Crippen LogP contribution < -0.4 is 5.32 Å². The van der Waals surface area contributed by atoms with Crippen LogP contribution >= 0.6 is 11.8 Å². The SMILES string of the molecule is C.CSCC[C@H](NC(=O)c1ccc(CN(C2CC2)C2(Cc3ccccc3)CCCC2)cc1-c1ccccc1C)C(=O)O. The molecule has 5 nitrogen and oxygen atoms in total. The number of carboxylic acid groups (broad SMARTS) is 1. The van der Waals surface area contributed by atoms with Crippen LogP contribution in [-0.2, 0) is 17.8 Å². The molecular weight excluding hydrogens is 540 g/mol. The minimum Gasteiger partial charge on any atom is -0.480 e. The van der Waals surface area contributed by atoms with E-state index in [1.807, 2.05) is 24.5 Å². The van der Waals surface area contributed by atoms with E-state index in [9.17, 15) is 14.7 Å². The summed E-state index contributed by atoms with van der Waals surface area (Å²) in [5.74, 6) is -0.664. The number of thioether (sulfide) groups is 1. The number of nitrogens with zero attached hydrogens (tertiary/aromatic N) is 1. The molecule has 0 spiro atoms. The molecule has 0 unspecified atom stereocenters. The molecule has 1 amide bonds. The lowest BCUT2D eigenvalue weighted by Gasteiger charge is -2.42. The first-order valence-corrected chi connectivity index (χ1v) is 16.3. The van der Waals surface area contributed by atoms with Crippen LogP contribution in [0.5, 0.6) is 0 Å². The smallest absolute Gasteiger partial charge is 0.326 e. The minimum atomic E-state index is -0.998. The summed E-state index contributed by atoms with van der Waals surface area (Å²) in [6.45, 7) is 2.91. The number of aryl methyl sites for hydroxylation is 1.